The fraction of sp³-hybridized carbons (Fsp3) is 0.333. The van der Waals surface area contributed by atoms with E-state index in [1.807, 2.05) is 0 Å². The van der Waals surface area contributed by atoms with Crippen LogP contribution in [-0.2, 0) is 6.54 Å². The summed E-state index contributed by atoms with van der Waals surface area (Å²) in [6.07, 6.45) is -0.880. The first kappa shape index (κ1) is 27.8. The molecular weight excluding hydrogens is 552 g/mol. The molecule has 1 saturated carbocycles. The van der Waals surface area contributed by atoms with Crippen molar-refractivity contribution in [2.75, 3.05) is 13.1 Å². The van der Waals surface area contributed by atoms with Gasteiger partial charge >= 0.3 is 0 Å². The Morgan fingerprint density at radius 2 is 1.93 bits per heavy atom. The van der Waals surface area contributed by atoms with E-state index >= 15 is 4.39 Å². The summed E-state index contributed by atoms with van der Waals surface area (Å²) in [5, 5.41) is 27.7. The van der Waals surface area contributed by atoms with Crippen molar-refractivity contribution in [3.05, 3.63) is 70.8 Å². The number of nitrogens with zero attached hydrogens (tertiary/aromatic N) is 5. The van der Waals surface area contributed by atoms with Crippen LogP contribution in [0.3, 0.4) is 0 Å². The smallest absolute Gasteiger partial charge is 0.268 e. The lowest BCUT2D eigenvalue weighted by molar-refractivity contribution is -0.0493. The molecule has 1 aromatic heterocycles. The normalized spacial score (nSPS) is 18.0. The zero-order valence-electron chi connectivity index (χ0n) is 22.3. The third-order valence-electron chi connectivity index (χ3n) is 8.19. The van der Waals surface area contributed by atoms with Crippen molar-refractivity contribution >= 4 is 16.9 Å². The van der Waals surface area contributed by atoms with Crippen molar-refractivity contribution < 1.29 is 27.5 Å². The van der Waals surface area contributed by atoms with E-state index in [9.17, 15) is 28.3 Å². The maximum Gasteiger partial charge on any atom is 0.268 e. The Morgan fingerprint density at radius 3 is 2.55 bits per heavy atom. The molecule has 0 bridgehead atoms. The number of hydrogen-bond donors (Lipinski definition) is 2. The van der Waals surface area contributed by atoms with E-state index in [1.54, 1.807) is 11.0 Å². The van der Waals surface area contributed by atoms with Crippen LogP contribution in [0.2, 0.25) is 0 Å². The van der Waals surface area contributed by atoms with Crippen LogP contribution in [0.5, 0.6) is 0 Å². The highest BCUT2D eigenvalue weighted by Gasteiger charge is 2.37. The van der Waals surface area contributed by atoms with Crippen LogP contribution in [-0.4, -0.2) is 55.6 Å². The molecular formula is C30H26F4N6O2. The van der Waals surface area contributed by atoms with E-state index in [0.29, 0.717) is 32.4 Å². The SMILES string of the molecule is N#Cc1ccc(-c2cc(C(=O)N3CC[C@H](N)C3)ccc2-c2cc3nnn(CC4(O)CCC4)c3c(C(F)F)c2F)cc1F. The number of aromatic nitrogens is 3. The summed E-state index contributed by atoms with van der Waals surface area (Å²) in [6, 6.07) is 11.0. The van der Waals surface area contributed by atoms with Gasteiger partial charge in [-0.1, -0.05) is 17.3 Å². The molecule has 1 aliphatic heterocycles. The molecule has 3 N–H and O–H groups in total. The number of likely N-dealkylation sites (tertiary alicyclic amines) is 1. The van der Waals surface area contributed by atoms with Gasteiger partial charge in [-0.15, -0.1) is 5.10 Å². The Bertz CT molecular complexity index is 1760. The lowest BCUT2D eigenvalue weighted by Crippen LogP contribution is -2.41. The number of benzene rings is 3. The molecule has 1 aliphatic carbocycles. The molecule has 6 rings (SSSR count). The van der Waals surface area contributed by atoms with Gasteiger partial charge in [-0.05, 0) is 72.7 Å². The van der Waals surface area contributed by atoms with Crippen LogP contribution in [0.25, 0.3) is 33.3 Å². The van der Waals surface area contributed by atoms with E-state index in [-0.39, 0.29) is 62.9 Å². The first-order chi connectivity index (χ1) is 20.1. The molecule has 216 valence electrons. The van der Waals surface area contributed by atoms with Crippen LogP contribution >= 0.6 is 0 Å². The van der Waals surface area contributed by atoms with Crippen LogP contribution < -0.4 is 5.73 Å². The highest BCUT2D eigenvalue weighted by molar-refractivity contribution is 5.99. The molecule has 1 atom stereocenters. The molecule has 4 aromatic rings. The van der Waals surface area contributed by atoms with E-state index < -0.39 is 29.2 Å². The van der Waals surface area contributed by atoms with Crippen LogP contribution in [0.4, 0.5) is 17.6 Å². The molecule has 0 spiro atoms. The van der Waals surface area contributed by atoms with Gasteiger partial charge in [0.1, 0.15) is 28.7 Å². The van der Waals surface area contributed by atoms with E-state index in [4.69, 9.17) is 5.73 Å². The maximum atomic E-state index is 16.1. The number of halogens is 4. The summed E-state index contributed by atoms with van der Waals surface area (Å²) in [5.41, 5.74) is 3.99. The highest BCUT2D eigenvalue weighted by Crippen LogP contribution is 2.42. The summed E-state index contributed by atoms with van der Waals surface area (Å²) in [5.74, 6) is -2.38. The number of alkyl halides is 2. The molecule has 42 heavy (non-hydrogen) atoms. The van der Waals surface area contributed by atoms with Crippen molar-refractivity contribution in [1.29, 1.82) is 5.26 Å². The maximum absolute atomic E-state index is 16.1. The Labute approximate surface area is 238 Å². The number of nitrogens with two attached hydrogens (primary N) is 1. The molecule has 0 unspecified atom stereocenters. The fourth-order valence-corrected chi connectivity index (χ4v) is 5.76. The second kappa shape index (κ2) is 10.5. The Hall–Kier alpha value is -4.34. The van der Waals surface area contributed by atoms with Crippen molar-refractivity contribution in [3.8, 4) is 28.3 Å². The lowest BCUT2D eigenvalue weighted by atomic mass is 9.80. The predicted molar refractivity (Wildman–Crippen MR) is 145 cm³/mol. The van der Waals surface area contributed by atoms with E-state index in [0.717, 1.165) is 17.2 Å². The molecule has 2 heterocycles. The number of rotatable bonds is 6. The molecule has 1 amide bonds. The number of aliphatic hydroxyl groups is 1. The Balaban J connectivity index is 1.53. The van der Waals surface area contributed by atoms with E-state index in [2.05, 4.69) is 10.3 Å². The summed E-state index contributed by atoms with van der Waals surface area (Å²) >= 11 is 0. The summed E-state index contributed by atoms with van der Waals surface area (Å²) in [6.45, 7) is 0.709. The first-order valence-corrected chi connectivity index (χ1v) is 13.5. The van der Waals surface area contributed by atoms with Gasteiger partial charge in [0.05, 0.1) is 23.3 Å². The standard InChI is InChI=1S/C30H26F4N6O2/c31-23-11-16(2-3-18(23)13-35)21-10-17(29(41)39-9-6-19(36)14-39)4-5-20(21)22-12-24-27(25(26(22)32)28(33)34)40(38-37-24)15-30(42)7-1-8-30/h2-5,10-12,19,28,42H,1,6-9,14-15,36H2/t19-/m0/s1. The minimum Gasteiger partial charge on any atom is -0.388 e. The lowest BCUT2D eigenvalue weighted by Gasteiger charge is -2.36. The first-order valence-electron chi connectivity index (χ1n) is 13.5. The highest BCUT2D eigenvalue weighted by atomic mass is 19.3. The monoisotopic (exact) mass is 578 g/mol. The number of carbonyl (C=O) groups excluding carboxylic acids is 1. The topological polar surface area (TPSA) is 121 Å². The van der Waals surface area contributed by atoms with Crippen molar-refractivity contribution in [2.45, 2.75) is 50.3 Å². The number of hydrogen-bond acceptors (Lipinski definition) is 6. The minimum absolute atomic E-state index is 0.00668. The quantitative estimate of drug-likeness (QED) is 0.313. The average molecular weight is 579 g/mol. The van der Waals surface area contributed by atoms with Gasteiger partial charge in [-0.2, -0.15) is 5.26 Å². The summed E-state index contributed by atoms with van der Waals surface area (Å²) in [4.78, 5) is 14.8. The van der Waals surface area contributed by atoms with Crippen molar-refractivity contribution in [3.63, 3.8) is 0 Å². The van der Waals surface area contributed by atoms with Gasteiger partial charge in [0.2, 0.25) is 0 Å². The fourth-order valence-electron chi connectivity index (χ4n) is 5.76. The number of amides is 1. The Kier molecular flexibility index (Phi) is 6.95. The van der Waals surface area contributed by atoms with Gasteiger partial charge in [-0.25, -0.2) is 22.2 Å². The molecule has 2 fully saturated rings. The van der Waals surface area contributed by atoms with Gasteiger partial charge in [0.25, 0.3) is 12.3 Å². The molecule has 3 aromatic carbocycles. The average Bonchev–Trinajstić information content (AvgIpc) is 3.56. The number of carbonyl (C=O) groups is 1. The van der Waals surface area contributed by atoms with Crippen molar-refractivity contribution in [1.82, 2.24) is 19.9 Å². The van der Waals surface area contributed by atoms with Crippen LogP contribution in [0, 0.1) is 23.0 Å². The molecule has 8 nitrogen and oxygen atoms in total. The van der Waals surface area contributed by atoms with Crippen LogP contribution in [0.1, 0.15) is 53.6 Å². The van der Waals surface area contributed by atoms with E-state index in [1.165, 1.54) is 36.4 Å². The number of fused-ring (bicyclic) bond motifs is 1. The third kappa shape index (κ3) is 4.78. The largest absolute Gasteiger partial charge is 0.388 e. The minimum atomic E-state index is -3.24. The second-order valence-electron chi connectivity index (χ2n) is 11.0. The summed E-state index contributed by atoms with van der Waals surface area (Å²) in [7, 11) is 0. The zero-order chi connectivity index (χ0) is 29.8. The van der Waals surface area contributed by atoms with Crippen LogP contribution in [0.15, 0.2) is 42.5 Å². The van der Waals surface area contributed by atoms with Gasteiger partial charge in [-0.3, -0.25) is 4.79 Å². The van der Waals surface area contributed by atoms with Gasteiger partial charge in [0, 0.05) is 30.3 Å². The van der Waals surface area contributed by atoms with Gasteiger partial charge in [0.15, 0.2) is 0 Å². The van der Waals surface area contributed by atoms with Crippen molar-refractivity contribution in [2.24, 2.45) is 5.73 Å². The van der Waals surface area contributed by atoms with Gasteiger partial charge < -0.3 is 15.7 Å². The zero-order valence-corrected chi connectivity index (χ0v) is 22.3. The Morgan fingerprint density at radius 1 is 1.14 bits per heavy atom. The molecule has 2 aliphatic rings. The summed E-state index contributed by atoms with van der Waals surface area (Å²) < 4.78 is 60.9. The molecule has 12 heteroatoms. The number of nitriles is 1. The molecule has 0 radical (unpaired) electrons. The third-order valence-corrected chi connectivity index (χ3v) is 8.19. The second-order valence-corrected chi connectivity index (χ2v) is 11.0. The molecule has 1 saturated heterocycles. The predicted octanol–water partition coefficient (Wildman–Crippen LogP) is 4.94.